The lowest BCUT2D eigenvalue weighted by Gasteiger charge is -2.16. The van der Waals surface area contributed by atoms with Crippen molar-refractivity contribution < 1.29 is 28.9 Å². The fourth-order valence-corrected chi connectivity index (χ4v) is 2.31. The fraction of sp³-hybridized carbons (Fsp3) is 0.444. The highest BCUT2D eigenvalue weighted by molar-refractivity contribution is 5.80. The zero-order valence-corrected chi connectivity index (χ0v) is 14.3. The van der Waals surface area contributed by atoms with Crippen molar-refractivity contribution in [2.24, 2.45) is 0 Å². The molecule has 2 rings (SSSR count). The van der Waals surface area contributed by atoms with Crippen molar-refractivity contribution >= 4 is 12.1 Å². The highest BCUT2D eigenvalue weighted by Gasteiger charge is 2.31. The number of rotatable bonds is 7. The van der Waals surface area contributed by atoms with Gasteiger partial charge in [-0.3, -0.25) is 0 Å². The van der Waals surface area contributed by atoms with Crippen molar-refractivity contribution in [1.82, 2.24) is 5.32 Å². The molecular formula is C18H23NO6. The molecule has 0 spiro atoms. The first kappa shape index (κ1) is 19.0. The maximum atomic E-state index is 11.8. The number of carbonyl (C=O) groups excluding carboxylic acids is 1. The average molecular weight is 349 g/mol. The minimum absolute atomic E-state index is 0.0805. The Kier molecular flexibility index (Phi) is 6.55. The molecule has 0 unspecified atom stereocenters. The molecular weight excluding hydrogens is 326 g/mol. The number of carboxylic acids is 1. The third-order valence-corrected chi connectivity index (χ3v) is 3.56. The Bertz CT molecular complexity index is 613. The van der Waals surface area contributed by atoms with E-state index in [2.05, 4.69) is 5.32 Å². The van der Waals surface area contributed by atoms with Gasteiger partial charge in [-0.15, -0.1) is 0 Å². The van der Waals surface area contributed by atoms with E-state index in [4.69, 9.17) is 14.2 Å². The number of hydrogen-bond donors (Lipinski definition) is 2. The number of alkyl carbamates (subject to hydrolysis) is 1. The Hall–Kier alpha value is -2.38. The molecule has 1 amide bonds. The van der Waals surface area contributed by atoms with Gasteiger partial charge in [0.1, 0.15) is 18.8 Å². The van der Waals surface area contributed by atoms with Crippen molar-refractivity contribution in [3.63, 3.8) is 0 Å². The maximum absolute atomic E-state index is 11.8. The van der Waals surface area contributed by atoms with Crippen LogP contribution in [0.15, 0.2) is 42.5 Å². The lowest BCUT2D eigenvalue weighted by Crippen LogP contribution is -2.40. The van der Waals surface area contributed by atoms with Gasteiger partial charge in [0, 0.05) is 0 Å². The van der Waals surface area contributed by atoms with Gasteiger partial charge in [0.05, 0.1) is 6.61 Å². The average Bonchev–Trinajstić information content (AvgIpc) is 2.92. The van der Waals surface area contributed by atoms with Gasteiger partial charge in [0.25, 0.3) is 0 Å². The summed E-state index contributed by atoms with van der Waals surface area (Å²) in [6.07, 6.45) is 2.52. The van der Waals surface area contributed by atoms with Gasteiger partial charge in [-0.05, 0) is 25.8 Å². The molecule has 0 bridgehead atoms. The van der Waals surface area contributed by atoms with Crippen molar-refractivity contribution in [2.45, 2.75) is 44.8 Å². The molecule has 0 radical (unpaired) electrons. The Morgan fingerprint density at radius 1 is 1.40 bits per heavy atom. The molecule has 136 valence electrons. The van der Waals surface area contributed by atoms with Gasteiger partial charge in [0.15, 0.2) is 5.79 Å². The van der Waals surface area contributed by atoms with E-state index in [1.807, 2.05) is 44.2 Å². The van der Waals surface area contributed by atoms with Crippen LogP contribution in [0.2, 0.25) is 0 Å². The molecule has 1 aliphatic heterocycles. The topological polar surface area (TPSA) is 94.1 Å². The van der Waals surface area contributed by atoms with Crippen LogP contribution < -0.4 is 5.32 Å². The van der Waals surface area contributed by atoms with Crippen LogP contribution in [0.4, 0.5) is 4.79 Å². The van der Waals surface area contributed by atoms with E-state index in [9.17, 15) is 14.7 Å². The van der Waals surface area contributed by atoms with Crippen LogP contribution in [-0.4, -0.2) is 41.7 Å². The summed E-state index contributed by atoms with van der Waals surface area (Å²) in [7, 11) is 0. The van der Waals surface area contributed by atoms with Gasteiger partial charge in [-0.25, -0.2) is 9.59 Å². The molecule has 2 atom stereocenters. The van der Waals surface area contributed by atoms with Crippen LogP contribution >= 0.6 is 0 Å². The lowest BCUT2D eigenvalue weighted by atomic mass is 10.2. The van der Waals surface area contributed by atoms with Crippen LogP contribution in [0.5, 0.6) is 0 Å². The zero-order valence-electron chi connectivity index (χ0n) is 14.3. The molecule has 0 saturated carbocycles. The van der Waals surface area contributed by atoms with Gasteiger partial charge >= 0.3 is 12.1 Å². The Morgan fingerprint density at radius 2 is 2.12 bits per heavy atom. The monoisotopic (exact) mass is 349 g/mol. The molecule has 1 fully saturated rings. The first-order valence-electron chi connectivity index (χ1n) is 8.04. The molecule has 7 nitrogen and oxygen atoms in total. The van der Waals surface area contributed by atoms with Gasteiger partial charge < -0.3 is 24.6 Å². The van der Waals surface area contributed by atoms with Crippen molar-refractivity contribution in [2.75, 3.05) is 6.61 Å². The molecule has 1 aliphatic rings. The summed E-state index contributed by atoms with van der Waals surface area (Å²) in [5.41, 5.74) is 0.824. The number of carbonyl (C=O) groups is 2. The normalized spacial score (nSPS) is 20.3. The number of ether oxygens (including phenoxy) is 3. The molecule has 2 N–H and O–H groups in total. The summed E-state index contributed by atoms with van der Waals surface area (Å²) in [5.74, 6) is -1.77. The number of amides is 1. The Morgan fingerprint density at radius 3 is 2.72 bits per heavy atom. The minimum atomic E-state index is -1.13. The van der Waals surface area contributed by atoms with E-state index in [0.29, 0.717) is 6.61 Å². The molecule has 0 aromatic heterocycles. The van der Waals surface area contributed by atoms with Crippen molar-refractivity contribution in [3.05, 3.63) is 48.0 Å². The summed E-state index contributed by atoms with van der Waals surface area (Å²) in [5, 5.41) is 11.6. The summed E-state index contributed by atoms with van der Waals surface area (Å²) in [6.45, 7) is 4.11. The standard InChI is InChI=1S/C18H23NO6/c1-18(2)24-12-14(25-18)9-6-10-15(16(20)21)19-17(22)23-11-13-7-4-3-5-8-13/h3-9,14-15H,10-12H2,1-2H3,(H,19,22)(H,20,21)/b9-6+/t14-,15-/m0/s1. The first-order chi connectivity index (χ1) is 11.9. The van der Waals surface area contributed by atoms with Gasteiger partial charge in [-0.1, -0.05) is 42.5 Å². The molecule has 25 heavy (non-hydrogen) atoms. The zero-order chi connectivity index (χ0) is 18.3. The van der Waals surface area contributed by atoms with Crippen LogP contribution in [0, 0.1) is 0 Å². The quantitative estimate of drug-likeness (QED) is 0.735. The highest BCUT2D eigenvalue weighted by Crippen LogP contribution is 2.22. The van der Waals surface area contributed by atoms with E-state index < -0.39 is 23.9 Å². The van der Waals surface area contributed by atoms with E-state index in [1.54, 1.807) is 12.2 Å². The molecule has 0 aliphatic carbocycles. The van der Waals surface area contributed by atoms with Crippen molar-refractivity contribution in [3.8, 4) is 0 Å². The SMILES string of the molecule is CC1(C)OC[C@H](/C=C/C[C@H](NC(=O)OCc2ccccc2)C(=O)O)O1. The number of benzene rings is 1. The minimum Gasteiger partial charge on any atom is -0.480 e. The molecule has 1 aromatic rings. The van der Waals surface area contributed by atoms with Crippen LogP contribution in [0.25, 0.3) is 0 Å². The van der Waals surface area contributed by atoms with E-state index in [0.717, 1.165) is 5.56 Å². The van der Waals surface area contributed by atoms with E-state index in [1.165, 1.54) is 0 Å². The largest absolute Gasteiger partial charge is 0.480 e. The summed E-state index contributed by atoms with van der Waals surface area (Å²) in [6, 6.07) is 8.08. The highest BCUT2D eigenvalue weighted by atomic mass is 16.7. The maximum Gasteiger partial charge on any atom is 0.408 e. The number of carboxylic acid groups (broad SMARTS) is 1. The van der Waals surface area contributed by atoms with Gasteiger partial charge in [-0.2, -0.15) is 0 Å². The fourth-order valence-electron chi connectivity index (χ4n) is 2.31. The summed E-state index contributed by atoms with van der Waals surface area (Å²) in [4.78, 5) is 23.0. The first-order valence-corrected chi connectivity index (χ1v) is 8.04. The van der Waals surface area contributed by atoms with Crippen molar-refractivity contribution in [1.29, 1.82) is 0 Å². The third-order valence-electron chi connectivity index (χ3n) is 3.56. The third kappa shape index (κ3) is 6.56. The molecule has 7 heteroatoms. The number of hydrogen-bond acceptors (Lipinski definition) is 5. The smallest absolute Gasteiger partial charge is 0.408 e. The van der Waals surface area contributed by atoms with Crippen LogP contribution in [0.3, 0.4) is 0 Å². The Labute approximate surface area is 146 Å². The van der Waals surface area contributed by atoms with Gasteiger partial charge in [0.2, 0.25) is 0 Å². The van der Waals surface area contributed by atoms with E-state index in [-0.39, 0.29) is 19.1 Å². The number of aliphatic carboxylic acids is 1. The predicted molar refractivity (Wildman–Crippen MR) is 89.8 cm³/mol. The second-order valence-corrected chi connectivity index (χ2v) is 6.13. The Balaban J connectivity index is 1.78. The second kappa shape index (κ2) is 8.64. The van der Waals surface area contributed by atoms with Crippen LogP contribution in [-0.2, 0) is 25.6 Å². The predicted octanol–water partition coefficient (Wildman–Crippen LogP) is 2.46. The summed E-state index contributed by atoms with van der Waals surface area (Å²) >= 11 is 0. The lowest BCUT2D eigenvalue weighted by molar-refractivity contribution is -0.139. The van der Waals surface area contributed by atoms with E-state index >= 15 is 0 Å². The number of nitrogens with one attached hydrogen (secondary N) is 1. The summed E-state index contributed by atoms with van der Waals surface area (Å²) < 4.78 is 16.0. The molecule has 1 aromatic carbocycles. The molecule has 1 saturated heterocycles. The molecule has 1 heterocycles. The van der Waals surface area contributed by atoms with Crippen LogP contribution in [0.1, 0.15) is 25.8 Å². The second-order valence-electron chi connectivity index (χ2n) is 6.13.